The van der Waals surface area contributed by atoms with Gasteiger partial charge in [-0.25, -0.2) is 0 Å². The van der Waals surface area contributed by atoms with Gasteiger partial charge in [-0.1, -0.05) is 55.5 Å². The van der Waals surface area contributed by atoms with Crippen LogP contribution in [-0.2, 0) is 6.54 Å². The highest BCUT2D eigenvalue weighted by atomic mass is 79.9. The molecule has 19 heavy (non-hydrogen) atoms. The normalized spacial score (nSPS) is 10.7. The van der Waals surface area contributed by atoms with Crippen LogP contribution in [-0.4, -0.2) is 13.2 Å². The fourth-order valence-electron chi connectivity index (χ4n) is 1.97. The van der Waals surface area contributed by atoms with Crippen molar-refractivity contribution in [2.24, 2.45) is 0 Å². The number of ether oxygens (including phenoxy) is 1. The lowest BCUT2D eigenvalue weighted by Gasteiger charge is -2.12. The third kappa shape index (κ3) is 6.98. The zero-order valence-electron chi connectivity index (χ0n) is 12.2. The highest BCUT2D eigenvalue weighted by molar-refractivity contribution is 9.10. The van der Waals surface area contributed by atoms with Crippen LogP contribution in [0.1, 0.15) is 51.5 Å². The summed E-state index contributed by atoms with van der Waals surface area (Å²) in [6.45, 7) is 7.02. The number of nitrogens with one attached hydrogen (secondary N) is 1. The van der Waals surface area contributed by atoms with Gasteiger partial charge < -0.3 is 10.1 Å². The van der Waals surface area contributed by atoms with Crippen LogP contribution < -0.4 is 10.1 Å². The van der Waals surface area contributed by atoms with Gasteiger partial charge in [0.05, 0.1) is 6.61 Å². The second-order valence-corrected chi connectivity index (χ2v) is 5.71. The Kier molecular flexibility index (Phi) is 8.93. The van der Waals surface area contributed by atoms with Gasteiger partial charge in [0.1, 0.15) is 5.75 Å². The molecule has 0 atom stereocenters. The number of halogens is 1. The molecular weight excluding hydrogens is 302 g/mol. The van der Waals surface area contributed by atoms with E-state index < -0.39 is 0 Å². The summed E-state index contributed by atoms with van der Waals surface area (Å²) in [5, 5.41) is 3.35. The van der Waals surface area contributed by atoms with Crippen LogP contribution in [0.25, 0.3) is 0 Å². The van der Waals surface area contributed by atoms with Gasteiger partial charge in [-0.05, 0) is 31.2 Å². The summed E-state index contributed by atoms with van der Waals surface area (Å²) in [6, 6.07) is 6.24. The first-order valence-electron chi connectivity index (χ1n) is 7.39. The molecule has 0 amide bonds. The van der Waals surface area contributed by atoms with Crippen LogP contribution in [0.4, 0.5) is 0 Å². The molecule has 1 N–H and O–H groups in total. The standard InChI is InChI=1S/C16H26BrNO/c1-3-5-6-7-8-11-19-16-10-9-15(17)12-14(16)13-18-4-2/h9-10,12,18H,3-8,11,13H2,1-2H3. The number of benzene rings is 1. The molecule has 0 aliphatic rings. The van der Waals surface area contributed by atoms with Crippen molar-refractivity contribution in [2.75, 3.05) is 13.2 Å². The summed E-state index contributed by atoms with van der Waals surface area (Å²) in [4.78, 5) is 0. The number of hydrogen-bond acceptors (Lipinski definition) is 2. The molecule has 0 radical (unpaired) electrons. The molecule has 1 rings (SSSR count). The quantitative estimate of drug-likeness (QED) is 0.616. The number of hydrogen-bond donors (Lipinski definition) is 1. The second kappa shape index (κ2) is 10.3. The summed E-state index contributed by atoms with van der Waals surface area (Å²) in [5.41, 5.74) is 1.23. The maximum Gasteiger partial charge on any atom is 0.123 e. The monoisotopic (exact) mass is 327 g/mol. The lowest BCUT2D eigenvalue weighted by molar-refractivity contribution is 0.301. The summed E-state index contributed by atoms with van der Waals surface area (Å²) in [5.74, 6) is 1.01. The van der Waals surface area contributed by atoms with Crippen molar-refractivity contribution in [1.82, 2.24) is 5.32 Å². The molecule has 108 valence electrons. The highest BCUT2D eigenvalue weighted by Gasteiger charge is 2.04. The third-order valence-corrected chi connectivity index (χ3v) is 3.59. The fourth-order valence-corrected chi connectivity index (χ4v) is 2.38. The van der Waals surface area contributed by atoms with Crippen molar-refractivity contribution in [1.29, 1.82) is 0 Å². The average Bonchev–Trinajstić information content (AvgIpc) is 2.42. The van der Waals surface area contributed by atoms with E-state index in [2.05, 4.69) is 47.2 Å². The minimum Gasteiger partial charge on any atom is -0.493 e. The fraction of sp³-hybridized carbons (Fsp3) is 0.625. The molecule has 0 aliphatic heterocycles. The summed E-state index contributed by atoms with van der Waals surface area (Å²) in [7, 11) is 0. The van der Waals surface area contributed by atoms with Crippen molar-refractivity contribution in [3.05, 3.63) is 28.2 Å². The molecule has 2 nitrogen and oxygen atoms in total. The second-order valence-electron chi connectivity index (χ2n) is 4.80. The Bertz CT molecular complexity index is 355. The minimum atomic E-state index is 0.824. The Hall–Kier alpha value is -0.540. The van der Waals surface area contributed by atoms with E-state index in [0.29, 0.717) is 0 Å². The number of unbranched alkanes of at least 4 members (excludes halogenated alkanes) is 4. The zero-order chi connectivity index (χ0) is 13.9. The molecule has 1 aromatic carbocycles. The van der Waals surface area contributed by atoms with Crippen molar-refractivity contribution in [3.8, 4) is 5.75 Å². The van der Waals surface area contributed by atoms with E-state index in [-0.39, 0.29) is 0 Å². The van der Waals surface area contributed by atoms with E-state index >= 15 is 0 Å². The van der Waals surface area contributed by atoms with Crippen molar-refractivity contribution >= 4 is 15.9 Å². The molecule has 1 aromatic rings. The predicted molar refractivity (Wildman–Crippen MR) is 85.8 cm³/mol. The van der Waals surface area contributed by atoms with E-state index in [0.717, 1.165) is 36.3 Å². The van der Waals surface area contributed by atoms with E-state index in [1.165, 1.54) is 31.2 Å². The van der Waals surface area contributed by atoms with Gasteiger partial charge in [-0.2, -0.15) is 0 Å². The Morgan fingerprint density at radius 3 is 2.63 bits per heavy atom. The van der Waals surface area contributed by atoms with Gasteiger partial charge in [-0.3, -0.25) is 0 Å². The first kappa shape index (κ1) is 16.5. The molecule has 3 heteroatoms. The van der Waals surface area contributed by atoms with Gasteiger partial charge in [0.15, 0.2) is 0 Å². The maximum atomic E-state index is 5.91. The molecule has 0 fully saturated rings. The first-order chi connectivity index (χ1) is 9.27. The van der Waals surface area contributed by atoms with Gasteiger partial charge >= 0.3 is 0 Å². The van der Waals surface area contributed by atoms with E-state index in [1.807, 2.05) is 6.07 Å². The summed E-state index contributed by atoms with van der Waals surface area (Å²) < 4.78 is 7.02. The topological polar surface area (TPSA) is 21.3 Å². The maximum absolute atomic E-state index is 5.91. The van der Waals surface area contributed by atoms with Gasteiger partial charge in [0, 0.05) is 16.6 Å². The molecule has 0 bridgehead atoms. The lowest BCUT2D eigenvalue weighted by atomic mass is 10.1. The SMILES string of the molecule is CCCCCCCOc1ccc(Br)cc1CNCC. The largest absolute Gasteiger partial charge is 0.493 e. The van der Waals surface area contributed by atoms with Crippen LogP contribution in [0.2, 0.25) is 0 Å². The summed E-state index contributed by atoms with van der Waals surface area (Å²) in [6.07, 6.45) is 6.37. The van der Waals surface area contributed by atoms with Gasteiger partial charge in [0.25, 0.3) is 0 Å². The Labute approximate surface area is 126 Å². The average molecular weight is 328 g/mol. The lowest BCUT2D eigenvalue weighted by Crippen LogP contribution is -2.13. The Balaban J connectivity index is 2.38. The van der Waals surface area contributed by atoms with Crippen LogP contribution in [0.15, 0.2) is 22.7 Å². The van der Waals surface area contributed by atoms with E-state index in [4.69, 9.17) is 4.74 Å². The minimum absolute atomic E-state index is 0.824. The van der Waals surface area contributed by atoms with E-state index in [1.54, 1.807) is 0 Å². The van der Waals surface area contributed by atoms with Crippen molar-refractivity contribution in [2.45, 2.75) is 52.5 Å². The van der Waals surface area contributed by atoms with Crippen LogP contribution in [0.5, 0.6) is 5.75 Å². The van der Waals surface area contributed by atoms with Crippen molar-refractivity contribution < 1.29 is 4.74 Å². The number of rotatable bonds is 10. The van der Waals surface area contributed by atoms with Gasteiger partial charge in [-0.15, -0.1) is 0 Å². The molecule has 0 saturated carbocycles. The van der Waals surface area contributed by atoms with Crippen LogP contribution >= 0.6 is 15.9 Å². The van der Waals surface area contributed by atoms with E-state index in [9.17, 15) is 0 Å². The smallest absolute Gasteiger partial charge is 0.123 e. The van der Waals surface area contributed by atoms with Gasteiger partial charge in [0.2, 0.25) is 0 Å². The Morgan fingerprint density at radius 1 is 1.11 bits per heavy atom. The molecule has 0 aromatic heterocycles. The molecule has 0 unspecified atom stereocenters. The summed E-state index contributed by atoms with van der Waals surface area (Å²) >= 11 is 3.52. The van der Waals surface area contributed by atoms with Crippen LogP contribution in [0.3, 0.4) is 0 Å². The molecule has 0 spiro atoms. The zero-order valence-corrected chi connectivity index (χ0v) is 13.8. The first-order valence-corrected chi connectivity index (χ1v) is 8.19. The molecule has 0 saturated heterocycles. The molecular formula is C16H26BrNO. The van der Waals surface area contributed by atoms with Crippen molar-refractivity contribution in [3.63, 3.8) is 0 Å². The third-order valence-electron chi connectivity index (χ3n) is 3.09. The van der Waals surface area contributed by atoms with Crippen LogP contribution in [0, 0.1) is 0 Å². The highest BCUT2D eigenvalue weighted by Crippen LogP contribution is 2.23. The predicted octanol–water partition coefficient (Wildman–Crippen LogP) is 4.91. The molecule has 0 aliphatic carbocycles. The Morgan fingerprint density at radius 2 is 1.89 bits per heavy atom. The molecule has 0 heterocycles.